The van der Waals surface area contributed by atoms with Crippen LogP contribution in [0.25, 0.3) is 0 Å². The molecular weight excluding hydrogens is 271 g/mol. The summed E-state index contributed by atoms with van der Waals surface area (Å²) in [4.78, 5) is 10.6. The molecule has 0 heterocycles. The Kier molecular flexibility index (Phi) is 7.24. The molecule has 0 aliphatic rings. The molecular formula is C16H21FN2O2. The predicted molar refractivity (Wildman–Crippen MR) is 79.5 cm³/mol. The second kappa shape index (κ2) is 8.96. The van der Waals surface area contributed by atoms with Crippen molar-refractivity contribution in [3.05, 3.63) is 29.6 Å². The first-order valence-corrected chi connectivity index (χ1v) is 7.22. The average Bonchev–Trinajstić information content (AvgIpc) is 2.45. The lowest BCUT2D eigenvalue weighted by Crippen LogP contribution is -2.12. The molecule has 1 aromatic rings. The van der Waals surface area contributed by atoms with Gasteiger partial charge in [0, 0.05) is 13.0 Å². The molecule has 21 heavy (non-hydrogen) atoms. The van der Waals surface area contributed by atoms with E-state index in [4.69, 9.17) is 10.4 Å². The van der Waals surface area contributed by atoms with Gasteiger partial charge in [0.05, 0.1) is 5.69 Å². The number of hydrogen-bond acceptors (Lipinski definition) is 3. The van der Waals surface area contributed by atoms with Gasteiger partial charge in [-0.25, -0.2) is 4.39 Å². The normalized spacial score (nSPS) is 11.7. The lowest BCUT2D eigenvalue weighted by atomic mass is 9.94. The molecule has 5 heteroatoms. The lowest BCUT2D eigenvalue weighted by Gasteiger charge is -2.16. The maximum atomic E-state index is 13.4. The van der Waals surface area contributed by atoms with E-state index in [1.54, 1.807) is 12.1 Å². The van der Waals surface area contributed by atoms with E-state index < -0.39 is 11.8 Å². The van der Waals surface area contributed by atoms with Gasteiger partial charge in [-0.1, -0.05) is 25.8 Å². The number of nitriles is 1. The number of nitrogens with one attached hydrogen (secondary N) is 1. The molecule has 0 amide bonds. The molecule has 4 nitrogen and oxygen atoms in total. The molecule has 0 saturated carbocycles. The first-order valence-electron chi connectivity index (χ1n) is 7.22. The fourth-order valence-corrected chi connectivity index (χ4v) is 2.36. The number of halogens is 1. The van der Waals surface area contributed by atoms with Gasteiger partial charge < -0.3 is 10.4 Å². The van der Waals surface area contributed by atoms with Gasteiger partial charge in [-0.3, -0.25) is 4.79 Å². The molecule has 0 aliphatic heterocycles. The molecule has 0 aliphatic carbocycles. The Morgan fingerprint density at radius 3 is 2.81 bits per heavy atom. The molecule has 2 N–H and O–H groups in total. The summed E-state index contributed by atoms with van der Waals surface area (Å²) in [7, 11) is 0. The monoisotopic (exact) mass is 292 g/mol. The van der Waals surface area contributed by atoms with E-state index in [0.29, 0.717) is 24.6 Å². The average molecular weight is 292 g/mol. The largest absolute Gasteiger partial charge is 0.481 e. The summed E-state index contributed by atoms with van der Waals surface area (Å²) in [6.45, 7) is 2.67. The molecule has 0 saturated heterocycles. The van der Waals surface area contributed by atoms with E-state index in [2.05, 4.69) is 12.2 Å². The highest BCUT2D eigenvalue weighted by Gasteiger charge is 2.11. The van der Waals surface area contributed by atoms with Gasteiger partial charge in [0.15, 0.2) is 0 Å². The van der Waals surface area contributed by atoms with Crippen LogP contribution in [-0.4, -0.2) is 17.6 Å². The second-order valence-corrected chi connectivity index (χ2v) is 5.08. The Bertz CT molecular complexity index is 511. The maximum absolute atomic E-state index is 13.4. The summed E-state index contributed by atoms with van der Waals surface area (Å²) in [5.74, 6) is -0.975. The van der Waals surface area contributed by atoms with Crippen LogP contribution >= 0.6 is 0 Å². The molecule has 1 rings (SSSR count). The third kappa shape index (κ3) is 5.82. The molecule has 0 spiro atoms. The highest BCUT2D eigenvalue weighted by atomic mass is 19.1. The van der Waals surface area contributed by atoms with E-state index in [-0.39, 0.29) is 12.0 Å². The van der Waals surface area contributed by atoms with Crippen molar-refractivity contribution in [2.75, 3.05) is 11.9 Å². The van der Waals surface area contributed by atoms with E-state index >= 15 is 0 Å². The van der Waals surface area contributed by atoms with Crippen LogP contribution in [0.3, 0.4) is 0 Å². The summed E-state index contributed by atoms with van der Waals surface area (Å²) in [6, 6.07) is 6.35. The smallest absolute Gasteiger partial charge is 0.303 e. The fraction of sp³-hybridized carbons (Fsp3) is 0.500. The van der Waals surface area contributed by atoms with Crippen molar-refractivity contribution >= 4 is 11.7 Å². The molecule has 0 bridgehead atoms. The Hall–Kier alpha value is -2.09. The van der Waals surface area contributed by atoms with Crippen LogP contribution in [0.2, 0.25) is 0 Å². The van der Waals surface area contributed by atoms with Crippen LogP contribution < -0.4 is 5.32 Å². The highest BCUT2D eigenvalue weighted by Crippen LogP contribution is 2.20. The second-order valence-electron chi connectivity index (χ2n) is 5.08. The number of benzene rings is 1. The van der Waals surface area contributed by atoms with Crippen molar-refractivity contribution in [2.24, 2.45) is 5.92 Å². The Morgan fingerprint density at radius 2 is 2.19 bits per heavy atom. The van der Waals surface area contributed by atoms with Crippen molar-refractivity contribution in [3.63, 3.8) is 0 Å². The Morgan fingerprint density at radius 1 is 1.43 bits per heavy atom. The third-order valence-corrected chi connectivity index (χ3v) is 3.46. The minimum atomic E-state index is -0.777. The molecule has 1 unspecified atom stereocenters. The molecule has 114 valence electrons. The molecule has 0 fully saturated rings. The van der Waals surface area contributed by atoms with Crippen molar-refractivity contribution in [1.82, 2.24) is 0 Å². The molecule has 1 atom stereocenters. The predicted octanol–water partition coefficient (Wildman–Crippen LogP) is 3.78. The maximum Gasteiger partial charge on any atom is 0.303 e. The number of hydrogen-bond donors (Lipinski definition) is 2. The number of carboxylic acid groups (broad SMARTS) is 1. The van der Waals surface area contributed by atoms with Gasteiger partial charge in [0.1, 0.15) is 17.4 Å². The van der Waals surface area contributed by atoms with E-state index in [0.717, 1.165) is 19.3 Å². The van der Waals surface area contributed by atoms with Gasteiger partial charge in [-0.2, -0.15) is 5.26 Å². The highest BCUT2D eigenvalue weighted by molar-refractivity contribution is 5.66. The van der Waals surface area contributed by atoms with Gasteiger partial charge >= 0.3 is 5.97 Å². The van der Waals surface area contributed by atoms with Crippen LogP contribution in [0, 0.1) is 23.1 Å². The van der Waals surface area contributed by atoms with Crippen molar-refractivity contribution in [2.45, 2.75) is 39.0 Å². The number of nitrogens with zero attached hydrogens (tertiary/aromatic N) is 1. The zero-order valence-electron chi connectivity index (χ0n) is 12.2. The number of carboxylic acids is 1. The third-order valence-electron chi connectivity index (χ3n) is 3.46. The van der Waals surface area contributed by atoms with Crippen LogP contribution in [-0.2, 0) is 4.79 Å². The summed E-state index contributed by atoms with van der Waals surface area (Å²) in [6.07, 6.45) is 3.62. The number of rotatable bonds is 9. The van der Waals surface area contributed by atoms with Crippen LogP contribution in [0.4, 0.5) is 10.1 Å². The number of carbonyl (C=O) groups is 1. The van der Waals surface area contributed by atoms with Crippen LogP contribution in [0.5, 0.6) is 0 Å². The SMILES string of the molecule is CCCC(CCNc1cccc(F)c1C#N)CCC(=O)O. The first kappa shape index (κ1) is 17.0. The van der Waals surface area contributed by atoms with E-state index in [9.17, 15) is 9.18 Å². The Balaban J connectivity index is 2.52. The van der Waals surface area contributed by atoms with E-state index in [1.165, 1.54) is 6.07 Å². The number of aliphatic carboxylic acids is 1. The van der Waals surface area contributed by atoms with Crippen molar-refractivity contribution < 1.29 is 14.3 Å². The van der Waals surface area contributed by atoms with Gasteiger partial charge in [0.2, 0.25) is 0 Å². The standard InChI is InChI=1S/C16H21FN2O2/c1-2-4-12(7-8-16(20)21)9-10-19-15-6-3-5-14(17)13(15)11-18/h3,5-6,12,19H,2,4,7-10H2,1H3,(H,20,21). The topological polar surface area (TPSA) is 73.1 Å². The fourth-order valence-electron chi connectivity index (χ4n) is 2.36. The quantitative estimate of drug-likeness (QED) is 0.726. The lowest BCUT2D eigenvalue weighted by molar-refractivity contribution is -0.137. The summed E-state index contributed by atoms with van der Waals surface area (Å²) < 4.78 is 13.4. The molecule has 0 radical (unpaired) electrons. The number of anilines is 1. The summed E-state index contributed by atoms with van der Waals surface area (Å²) in [5, 5.41) is 20.8. The Labute approximate surface area is 124 Å². The van der Waals surface area contributed by atoms with Crippen molar-refractivity contribution in [1.29, 1.82) is 5.26 Å². The van der Waals surface area contributed by atoms with Gasteiger partial charge in [-0.15, -0.1) is 0 Å². The minimum Gasteiger partial charge on any atom is -0.481 e. The van der Waals surface area contributed by atoms with Crippen LogP contribution in [0.15, 0.2) is 18.2 Å². The minimum absolute atomic E-state index is 0.0232. The van der Waals surface area contributed by atoms with Crippen LogP contribution in [0.1, 0.15) is 44.6 Å². The van der Waals surface area contributed by atoms with Gasteiger partial charge in [-0.05, 0) is 30.9 Å². The molecule has 0 aromatic heterocycles. The molecule has 1 aromatic carbocycles. The van der Waals surface area contributed by atoms with Crippen molar-refractivity contribution in [3.8, 4) is 6.07 Å². The summed E-state index contributed by atoms with van der Waals surface area (Å²) >= 11 is 0. The summed E-state index contributed by atoms with van der Waals surface area (Å²) in [5.41, 5.74) is 0.515. The van der Waals surface area contributed by atoms with E-state index in [1.807, 2.05) is 6.07 Å². The van der Waals surface area contributed by atoms with Gasteiger partial charge in [0.25, 0.3) is 0 Å². The zero-order chi connectivity index (χ0) is 15.7. The first-order chi connectivity index (χ1) is 10.1. The zero-order valence-corrected chi connectivity index (χ0v) is 12.2.